The van der Waals surface area contributed by atoms with Gasteiger partial charge >= 0.3 is 0 Å². The van der Waals surface area contributed by atoms with E-state index in [2.05, 4.69) is 5.32 Å². The molecule has 0 atom stereocenters. The zero-order valence-electron chi connectivity index (χ0n) is 9.06. The van der Waals surface area contributed by atoms with Crippen LogP contribution in [0.3, 0.4) is 0 Å². The van der Waals surface area contributed by atoms with Crippen molar-refractivity contribution in [1.82, 2.24) is 0 Å². The zero-order chi connectivity index (χ0) is 11.4. The Morgan fingerprint density at radius 1 is 1.53 bits per heavy atom. The second-order valence-electron chi connectivity index (χ2n) is 3.20. The first kappa shape index (κ1) is 11.9. The van der Waals surface area contributed by atoms with Crippen LogP contribution in [0, 0.1) is 6.92 Å². The molecule has 0 aromatic heterocycles. The van der Waals surface area contributed by atoms with Crippen LogP contribution in [0.2, 0.25) is 5.02 Å². The maximum atomic E-state index is 11.2. The quantitative estimate of drug-likeness (QED) is 0.862. The number of hydrogen-bond acceptors (Lipinski definition) is 2. The first-order chi connectivity index (χ1) is 7.08. The van der Waals surface area contributed by atoms with Crippen molar-refractivity contribution in [2.45, 2.75) is 20.3 Å². The van der Waals surface area contributed by atoms with Crippen LogP contribution in [0.1, 0.15) is 18.9 Å². The lowest BCUT2D eigenvalue weighted by molar-refractivity contribution is -0.115. The van der Waals surface area contributed by atoms with Crippen molar-refractivity contribution in [3.05, 3.63) is 22.7 Å². The highest BCUT2D eigenvalue weighted by Gasteiger charge is 2.08. The second-order valence-corrected chi connectivity index (χ2v) is 3.61. The van der Waals surface area contributed by atoms with Gasteiger partial charge in [-0.15, -0.1) is 0 Å². The topological polar surface area (TPSA) is 38.3 Å². The van der Waals surface area contributed by atoms with Crippen LogP contribution in [0.15, 0.2) is 12.1 Å². The summed E-state index contributed by atoms with van der Waals surface area (Å²) in [5, 5.41) is 3.38. The predicted octanol–water partition coefficient (Wildman–Crippen LogP) is 3.01. The highest BCUT2D eigenvalue weighted by molar-refractivity contribution is 6.31. The van der Waals surface area contributed by atoms with Crippen molar-refractivity contribution in [2.24, 2.45) is 0 Å². The summed E-state index contributed by atoms with van der Waals surface area (Å²) in [7, 11) is 1.54. The first-order valence-corrected chi connectivity index (χ1v) is 5.10. The molecule has 0 unspecified atom stereocenters. The molecule has 0 saturated heterocycles. The van der Waals surface area contributed by atoms with Gasteiger partial charge in [0.2, 0.25) is 5.91 Å². The van der Waals surface area contributed by atoms with Crippen LogP contribution < -0.4 is 10.1 Å². The fourth-order valence-corrected chi connectivity index (χ4v) is 1.32. The minimum Gasteiger partial charge on any atom is -0.495 e. The molecule has 0 aliphatic carbocycles. The molecule has 4 heteroatoms. The molecule has 0 saturated carbocycles. The lowest BCUT2D eigenvalue weighted by Crippen LogP contribution is -2.10. The smallest absolute Gasteiger partial charge is 0.224 e. The van der Waals surface area contributed by atoms with Crippen molar-refractivity contribution >= 4 is 23.2 Å². The van der Waals surface area contributed by atoms with Gasteiger partial charge < -0.3 is 10.1 Å². The maximum absolute atomic E-state index is 11.2. The van der Waals surface area contributed by atoms with E-state index in [0.717, 1.165) is 5.56 Å². The fraction of sp³-hybridized carbons (Fsp3) is 0.364. The summed E-state index contributed by atoms with van der Waals surface area (Å²) in [5.74, 6) is 0.530. The van der Waals surface area contributed by atoms with E-state index in [4.69, 9.17) is 16.3 Å². The summed E-state index contributed by atoms with van der Waals surface area (Å²) in [4.78, 5) is 11.2. The molecule has 1 aromatic carbocycles. The monoisotopic (exact) mass is 227 g/mol. The Hall–Kier alpha value is -1.22. The molecule has 1 rings (SSSR count). The van der Waals surface area contributed by atoms with E-state index >= 15 is 0 Å². The number of ether oxygens (including phenoxy) is 1. The summed E-state index contributed by atoms with van der Waals surface area (Å²) >= 11 is 5.94. The molecule has 82 valence electrons. The summed E-state index contributed by atoms with van der Waals surface area (Å²) in [6.07, 6.45) is 0.435. The number of nitrogens with one attached hydrogen (secondary N) is 1. The minimum absolute atomic E-state index is 0.0463. The van der Waals surface area contributed by atoms with E-state index in [-0.39, 0.29) is 5.91 Å². The van der Waals surface area contributed by atoms with Crippen molar-refractivity contribution in [1.29, 1.82) is 0 Å². The molecular formula is C11H14ClNO2. The van der Waals surface area contributed by atoms with Gasteiger partial charge in [-0.25, -0.2) is 0 Å². The summed E-state index contributed by atoms with van der Waals surface area (Å²) < 4.78 is 5.13. The van der Waals surface area contributed by atoms with Crippen molar-refractivity contribution in [2.75, 3.05) is 12.4 Å². The van der Waals surface area contributed by atoms with Crippen molar-refractivity contribution < 1.29 is 9.53 Å². The number of methoxy groups -OCH3 is 1. The predicted molar refractivity (Wildman–Crippen MR) is 61.7 cm³/mol. The van der Waals surface area contributed by atoms with E-state index in [1.165, 1.54) is 0 Å². The van der Waals surface area contributed by atoms with Crippen LogP contribution in [-0.2, 0) is 4.79 Å². The Bertz CT molecular complexity index is 377. The van der Waals surface area contributed by atoms with Gasteiger partial charge in [0.25, 0.3) is 0 Å². The van der Waals surface area contributed by atoms with Crippen LogP contribution in [0.5, 0.6) is 5.75 Å². The highest BCUT2D eigenvalue weighted by Crippen LogP contribution is 2.30. The number of halogens is 1. The van der Waals surface area contributed by atoms with E-state index in [0.29, 0.717) is 22.9 Å². The SMILES string of the molecule is CCC(=O)Nc1cc(C)c(Cl)cc1OC. The largest absolute Gasteiger partial charge is 0.495 e. The van der Waals surface area contributed by atoms with E-state index in [1.807, 2.05) is 6.92 Å². The molecule has 0 bridgehead atoms. The van der Waals surface area contributed by atoms with Gasteiger partial charge in [0, 0.05) is 17.5 Å². The number of carbonyl (C=O) groups is 1. The molecule has 1 aromatic rings. The molecule has 15 heavy (non-hydrogen) atoms. The average Bonchev–Trinajstić information content (AvgIpc) is 2.22. The molecule has 0 spiro atoms. The lowest BCUT2D eigenvalue weighted by Gasteiger charge is -2.11. The fourth-order valence-electron chi connectivity index (χ4n) is 1.17. The molecule has 0 radical (unpaired) electrons. The first-order valence-electron chi connectivity index (χ1n) is 4.72. The number of amides is 1. The van der Waals surface area contributed by atoms with Crippen LogP contribution in [0.25, 0.3) is 0 Å². The van der Waals surface area contributed by atoms with Gasteiger partial charge in [0.05, 0.1) is 12.8 Å². The van der Waals surface area contributed by atoms with Gasteiger partial charge in [-0.1, -0.05) is 18.5 Å². The number of anilines is 1. The number of benzene rings is 1. The Morgan fingerprint density at radius 2 is 2.20 bits per heavy atom. The third kappa shape index (κ3) is 2.86. The van der Waals surface area contributed by atoms with Gasteiger partial charge in [-0.2, -0.15) is 0 Å². The summed E-state index contributed by atoms with van der Waals surface area (Å²) in [6.45, 7) is 3.67. The summed E-state index contributed by atoms with van der Waals surface area (Å²) in [5.41, 5.74) is 1.56. The van der Waals surface area contributed by atoms with Crippen LogP contribution in [0.4, 0.5) is 5.69 Å². The number of aryl methyl sites for hydroxylation is 1. The molecule has 0 aliphatic heterocycles. The molecule has 1 amide bonds. The van der Waals surface area contributed by atoms with Crippen LogP contribution in [-0.4, -0.2) is 13.0 Å². The van der Waals surface area contributed by atoms with Crippen molar-refractivity contribution in [3.8, 4) is 5.75 Å². The normalized spacial score (nSPS) is 9.87. The van der Waals surface area contributed by atoms with Gasteiger partial charge in [-0.3, -0.25) is 4.79 Å². The molecule has 1 N–H and O–H groups in total. The van der Waals surface area contributed by atoms with Gasteiger partial charge in [0.1, 0.15) is 5.75 Å². The van der Waals surface area contributed by atoms with E-state index in [9.17, 15) is 4.79 Å². The Kier molecular flexibility index (Phi) is 3.97. The third-order valence-corrected chi connectivity index (χ3v) is 2.48. The minimum atomic E-state index is -0.0463. The van der Waals surface area contributed by atoms with Gasteiger partial charge in [0.15, 0.2) is 0 Å². The van der Waals surface area contributed by atoms with Gasteiger partial charge in [-0.05, 0) is 18.6 Å². The zero-order valence-corrected chi connectivity index (χ0v) is 9.81. The Morgan fingerprint density at radius 3 is 2.73 bits per heavy atom. The molecular weight excluding hydrogens is 214 g/mol. The molecule has 0 aliphatic rings. The number of hydrogen-bond donors (Lipinski definition) is 1. The average molecular weight is 228 g/mol. The number of rotatable bonds is 3. The standard InChI is InChI=1S/C11H14ClNO2/c1-4-11(14)13-9-5-7(2)8(12)6-10(9)15-3/h5-6H,4H2,1-3H3,(H,13,14). The third-order valence-electron chi connectivity index (χ3n) is 2.08. The Balaban J connectivity index is 3.05. The molecule has 3 nitrogen and oxygen atoms in total. The summed E-state index contributed by atoms with van der Waals surface area (Å²) in [6, 6.07) is 3.50. The lowest BCUT2D eigenvalue weighted by atomic mass is 10.2. The number of carbonyl (C=O) groups excluding carboxylic acids is 1. The molecule has 0 heterocycles. The van der Waals surface area contributed by atoms with Crippen LogP contribution >= 0.6 is 11.6 Å². The van der Waals surface area contributed by atoms with E-state index in [1.54, 1.807) is 26.2 Å². The van der Waals surface area contributed by atoms with E-state index < -0.39 is 0 Å². The maximum Gasteiger partial charge on any atom is 0.224 e. The van der Waals surface area contributed by atoms with Crippen molar-refractivity contribution in [3.63, 3.8) is 0 Å². The Labute approximate surface area is 94.4 Å². The molecule has 0 fully saturated rings. The highest BCUT2D eigenvalue weighted by atomic mass is 35.5. The second kappa shape index (κ2) is 5.03.